The zero-order chi connectivity index (χ0) is 93.4. The molecule has 0 aromatic carbocycles. The quantitative estimate of drug-likeness (QED) is 0.0426. The number of hydrogen-bond acceptors (Lipinski definition) is 23. The van der Waals surface area contributed by atoms with E-state index in [0.717, 1.165) is 35.5 Å². The molecule has 4 rings (SSSR count). The Bertz CT molecular complexity index is 3210. The summed E-state index contributed by atoms with van der Waals surface area (Å²) in [4.78, 5) is 210. The number of ketones is 2. The topological polar surface area (TPSA) is 442 Å². The molecule has 2 saturated heterocycles. The number of rotatable bonds is 50. The zero-order valence-corrected chi connectivity index (χ0v) is 98.7. The molecule has 40 heteroatoms. The Balaban J connectivity index is -0.000000335. The van der Waals surface area contributed by atoms with Crippen molar-refractivity contribution in [2.75, 3.05) is 117 Å². The maximum absolute atomic E-state index is 14.2. The minimum absolute atomic E-state index is 0. The van der Waals surface area contributed by atoms with Crippen molar-refractivity contribution in [1.82, 2.24) is 60.5 Å². The Morgan fingerprint density at radius 2 is 0.783 bits per heavy atom. The minimum Gasteiger partial charge on any atom is -0.540 e. The van der Waals surface area contributed by atoms with E-state index >= 15 is 0 Å². The van der Waals surface area contributed by atoms with Crippen LogP contribution in [0.4, 0.5) is 0 Å². The van der Waals surface area contributed by atoms with Crippen molar-refractivity contribution >= 4 is 95.0 Å². The third-order valence-corrected chi connectivity index (χ3v) is 23.6. The summed E-state index contributed by atoms with van der Waals surface area (Å²) in [6.45, 7) is 36.9. The van der Waals surface area contributed by atoms with Gasteiger partial charge in [0.05, 0.1) is 85.3 Å². The largest absolute Gasteiger partial charge is 0.540 e. The number of carbonyl (C=O) groups is 14. The van der Waals surface area contributed by atoms with Crippen molar-refractivity contribution in [3.8, 4) is 0 Å². The third-order valence-electron chi connectivity index (χ3n) is 23.6. The van der Waals surface area contributed by atoms with Gasteiger partial charge in [0.2, 0.25) is 47.3 Å². The molecule has 0 aromatic rings. The summed E-state index contributed by atoms with van der Waals surface area (Å²) in [5.74, 6) is -4.99. The number of likely N-dealkylation sites (tertiary alicyclic amines) is 2. The van der Waals surface area contributed by atoms with E-state index in [0.29, 0.717) is 52.0 Å². The number of Topliss-reactive ketones (excluding diaryl/α,β-unsaturated/α-hetero) is 2. The maximum Gasteiger partial charge on any atom is 0.253 e. The normalized spacial score (nSPS) is 18.1. The van der Waals surface area contributed by atoms with E-state index in [1.54, 1.807) is 88.2 Å². The van der Waals surface area contributed by atoms with E-state index in [1.165, 1.54) is 38.5 Å². The SMILES string of the molecule is CC[C@H](C)[C@@H]([C@@H](CC(=O)N1CCC[C@H]1[C@H](OC)[C@@H](C)C(=O)N[C@@H](C)[C-]=O)OC)N(C)C(=O)[C@@H](CC(=O)[C@H](C(C)C)N(C)C)C(C)C.CC[C@H](C)[C@@H]([C@@H](CC(=O)N1CCC[C@H]1[C@H](OC)[C@@H](C)C(=O)N[C@@H](C)[C-]=O)OC)N(C)C(=O)[C@@H](CC(=O)[C@H](C(C)C)N(C)C)C(C)C.NCCNC(=O)CCN1C(=O)C=CC1=O.O.[CH2-]CCNC(=O)CCN1C(=O)C=CC1=O.[W].[W].[W].[W].[W].[W]. The molecule has 0 unspecified atom stereocenters. The van der Waals surface area contributed by atoms with E-state index in [4.69, 9.17) is 24.7 Å². The third kappa shape index (κ3) is 44.4. The fourth-order valence-corrected chi connectivity index (χ4v) is 16.6. The van der Waals surface area contributed by atoms with Gasteiger partial charge in [-0.15, -0.1) is 0 Å². The summed E-state index contributed by atoms with van der Waals surface area (Å²) in [5, 5.41) is 10.4. The van der Waals surface area contributed by atoms with Gasteiger partial charge < -0.3 is 87.5 Å². The van der Waals surface area contributed by atoms with Crippen LogP contribution >= 0.6 is 0 Å². The Hall–Kier alpha value is -3.99. The number of imide groups is 2. The van der Waals surface area contributed by atoms with Gasteiger partial charge in [0.1, 0.15) is 0 Å². The van der Waals surface area contributed by atoms with Crippen molar-refractivity contribution < 1.29 is 228 Å². The van der Waals surface area contributed by atoms with Crippen molar-refractivity contribution in [3.63, 3.8) is 0 Å². The first-order valence-electron chi connectivity index (χ1n) is 43.3. The van der Waals surface area contributed by atoms with Gasteiger partial charge in [0, 0.05) is 270 Å². The van der Waals surface area contributed by atoms with E-state index < -0.39 is 72.3 Å². The van der Waals surface area contributed by atoms with Gasteiger partial charge in [-0.25, -0.2) is 12.6 Å². The molecule has 0 bridgehead atoms. The van der Waals surface area contributed by atoms with E-state index in [9.17, 15) is 76.7 Å². The summed E-state index contributed by atoms with van der Waals surface area (Å²) in [6, 6.07) is -3.50. The monoisotopic (exact) mass is 2840 g/mol. The van der Waals surface area contributed by atoms with Crippen LogP contribution in [0.1, 0.15) is 194 Å². The smallest absolute Gasteiger partial charge is 0.253 e. The van der Waals surface area contributed by atoms with E-state index in [-0.39, 0.29) is 326 Å². The molecular weight excluding hydrogens is 2690 g/mol. The predicted octanol–water partition coefficient (Wildman–Crippen LogP) is 3.86. The Labute approximate surface area is 855 Å². The molecule has 0 radical (unpaired) electrons. The summed E-state index contributed by atoms with van der Waals surface area (Å²) in [5.41, 5.74) is 5.20. The fraction of sp³-hybridized carbons (Fsp3) is 0.764. The molecule has 129 heavy (non-hydrogen) atoms. The van der Waals surface area contributed by atoms with Gasteiger partial charge >= 0.3 is 0 Å². The van der Waals surface area contributed by atoms with Gasteiger partial charge in [0.15, 0.2) is 11.6 Å². The molecular formula is C89H154N13O21W6-3. The van der Waals surface area contributed by atoms with Crippen LogP contribution in [-0.2, 0) is 222 Å². The first-order chi connectivity index (χ1) is 57.2. The number of hydrogen-bond donors (Lipinski definition) is 5. The van der Waals surface area contributed by atoms with Crippen molar-refractivity contribution in [2.45, 2.75) is 267 Å². The van der Waals surface area contributed by atoms with Gasteiger partial charge in [0.25, 0.3) is 23.6 Å². The number of likely N-dealkylation sites (N-methyl/N-ethyl adjacent to an activating group) is 4. The fourth-order valence-electron chi connectivity index (χ4n) is 16.6. The molecule has 0 saturated carbocycles. The Morgan fingerprint density at radius 1 is 0.481 bits per heavy atom. The second kappa shape index (κ2) is 71.5. The van der Waals surface area contributed by atoms with Crippen LogP contribution in [0.25, 0.3) is 0 Å². The number of nitrogens with one attached hydrogen (secondary N) is 4. The molecule has 0 spiro atoms. The average Bonchev–Trinajstić information content (AvgIpc) is 1.48. The molecule has 0 aliphatic carbocycles. The van der Waals surface area contributed by atoms with Crippen LogP contribution in [0.5, 0.6) is 0 Å². The van der Waals surface area contributed by atoms with Crippen LogP contribution in [-0.4, -0.2) is 329 Å². The minimum atomic E-state index is -0.744. The molecule has 0 aromatic heterocycles. The number of carbonyl (C=O) groups excluding carboxylic acids is 16. The van der Waals surface area contributed by atoms with E-state index in [1.807, 2.05) is 107 Å². The summed E-state index contributed by atoms with van der Waals surface area (Å²) >= 11 is 0. The number of ether oxygens (including phenoxy) is 4. The second-order valence-electron chi connectivity index (χ2n) is 34.4. The number of nitrogens with two attached hydrogens (primary N) is 1. The molecule has 4 heterocycles. The summed E-state index contributed by atoms with van der Waals surface area (Å²) in [7, 11) is 17.3. The molecule has 4 aliphatic rings. The van der Waals surface area contributed by atoms with Crippen molar-refractivity contribution in [2.24, 2.45) is 64.9 Å². The summed E-state index contributed by atoms with van der Waals surface area (Å²) < 4.78 is 23.5. The molecule has 12 amide bonds. The zero-order valence-electron chi connectivity index (χ0n) is 81.1. The Morgan fingerprint density at radius 3 is 1.02 bits per heavy atom. The van der Waals surface area contributed by atoms with Crippen LogP contribution in [0.15, 0.2) is 24.3 Å². The molecule has 18 atom stereocenters. The molecule has 4 aliphatic heterocycles. The van der Waals surface area contributed by atoms with Crippen LogP contribution < -0.4 is 27.0 Å². The molecule has 34 nitrogen and oxygen atoms in total. The second-order valence-corrected chi connectivity index (χ2v) is 34.4. The number of methoxy groups -OCH3 is 4. The number of nitrogens with zero attached hydrogens (tertiary/aromatic N) is 8. The molecule has 8 N–H and O–H groups in total. The van der Waals surface area contributed by atoms with Crippen molar-refractivity contribution in [3.05, 3.63) is 31.2 Å². The maximum atomic E-state index is 14.2. The van der Waals surface area contributed by atoms with Crippen molar-refractivity contribution in [1.29, 1.82) is 0 Å². The number of amides is 12. The standard InChI is InChI=1S/2C35H63N4O7.C10H13N2O3.C9H13N3O3.H2O.6W/c2*1-14-23(6)32(38(11)35(44)26(21(2)3)18-28(41)31(22(4)5)37(9)10)29(45-12)19-30(42)39-17-15-16-27(39)33(46-13)25(8)34(43)36-24(7)20-40;1-2-6-11-8(13)5-7-12-9(14)3-4-10(12)15;10-4-5-11-7(13)3-6-12-8(14)1-2-9(12)15;;;;;;;/h2*21-27,29,31-33H,14-19H2,1-13H3,(H,36,43);3-4H,1-2,5-7H2,(H,11,13);1-2H,3-6,10H2,(H,11,13);1H2;;;;;;/q3*-1;;;;;;;;/t2*23-,24-,25+,26-,27-,29+,31-,32-,33+;;;;;;;;;/m00........./s1. The average molecular weight is 2850 g/mol. The van der Waals surface area contributed by atoms with Gasteiger partial charge in [-0.2, -0.15) is 6.42 Å². The predicted molar refractivity (Wildman–Crippen MR) is 469 cm³/mol. The molecule has 2 fully saturated rings. The summed E-state index contributed by atoms with van der Waals surface area (Å²) in [6.07, 6.45) is 11.7. The van der Waals surface area contributed by atoms with Crippen LogP contribution in [0, 0.1) is 66.1 Å². The first kappa shape index (κ1) is 138. The first-order valence-corrected chi connectivity index (χ1v) is 43.3. The Kier molecular flexibility index (Phi) is 76.5. The van der Waals surface area contributed by atoms with Gasteiger partial charge in [-0.05, 0) is 95.9 Å². The van der Waals surface area contributed by atoms with Gasteiger partial charge in [-0.1, -0.05) is 136 Å². The van der Waals surface area contributed by atoms with Gasteiger partial charge in [-0.3, -0.25) is 86.7 Å². The van der Waals surface area contributed by atoms with Crippen LogP contribution in [0.2, 0.25) is 0 Å². The molecule has 740 valence electrons. The van der Waals surface area contributed by atoms with Crippen LogP contribution in [0.3, 0.4) is 0 Å². The van der Waals surface area contributed by atoms with E-state index in [2.05, 4.69) is 42.0 Å².